The van der Waals surface area contributed by atoms with Gasteiger partial charge in [-0.1, -0.05) is 0 Å². The van der Waals surface area contributed by atoms with Gasteiger partial charge in [-0.2, -0.15) is 5.10 Å². The highest BCUT2D eigenvalue weighted by atomic mass is 16.5. The molecule has 0 aliphatic carbocycles. The molecule has 0 aliphatic rings. The maximum absolute atomic E-state index is 11.1. The molecule has 84 valence electrons. The number of aromatic nitrogens is 2. The molecule has 0 fully saturated rings. The fourth-order valence-electron chi connectivity index (χ4n) is 1.22. The second-order valence-corrected chi connectivity index (χ2v) is 3.30. The zero-order valence-corrected chi connectivity index (χ0v) is 9.27. The van der Waals surface area contributed by atoms with Crippen LogP contribution in [0, 0.1) is 0 Å². The maximum atomic E-state index is 11.1. The van der Waals surface area contributed by atoms with E-state index in [-0.39, 0.29) is 6.04 Å². The summed E-state index contributed by atoms with van der Waals surface area (Å²) in [7, 11) is 3.01. The molecule has 0 saturated heterocycles. The lowest BCUT2D eigenvalue weighted by atomic mass is 10.2. The Labute approximate surface area is 89.0 Å². The molecule has 0 amide bonds. The number of rotatable bonds is 5. The van der Waals surface area contributed by atoms with Crippen molar-refractivity contribution in [3.63, 3.8) is 0 Å². The summed E-state index contributed by atoms with van der Waals surface area (Å²) in [4.78, 5) is 11.1. The van der Waals surface area contributed by atoms with Gasteiger partial charge in [0.1, 0.15) is 0 Å². The molecule has 1 atom stereocenters. The van der Waals surface area contributed by atoms with E-state index in [1.165, 1.54) is 7.11 Å². The standard InChI is InChI=1S/C10H16N2O3/c1-8(5-7-14-2)12-6-4-9(11-12)10(13)15-3/h4,6,8H,5,7H2,1-3H3. The first-order valence-corrected chi connectivity index (χ1v) is 4.81. The third kappa shape index (κ3) is 3.06. The molecule has 1 aromatic heterocycles. The Morgan fingerprint density at radius 3 is 2.93 bits per heavy atom. The van der Waals surface area contributed by atoms with Gasteiger partial charge in [-0.25, -0.2) is 4.79 Å². The average Bonchev–Trinajstić information content (AvgIpc) is 2.74. The van der Waals surface area contributed by atoms with E-state index in [0.717, 1.165) is 6.42 Å². The average molecular weight is 212 g/mol. The normalized spacial score (nSPS) is 12.5. The van der Waals surface area contributed by atoms with Crippen molar-refractivity contribution in [1.29, 1.82) is 0 Å². The van der Waals surface area contributed by atoms with Crippen molar-refractivity contribution in [3.05, 3.63) is 18.0 Å². The van der Waals surface area contributed by atoms with E-state index in [0.29, 0.717) is 12.3 Å². The number of hydrogen-bond donors (Lipinski definition) is 0. The SMILES string of the molecule is COCCC(C)n1ccc(C(=O)OC)n1. The molecule has 0 spiro atoms. The second-order valence-electron chi connectivity index (χ2n) is 3.30. The molecule has 5 nitrogen and oxygen atoms in total. The topological polar surface area (TPSA) is 53.4 Å². The minimum absolute atomic E-state index is 0.211. The predicted octanol–water partition coefficient (Wildman–Crippen LogP) is 1.27. The Hall–Kier alpha value is -1.36. The molecule has 5 heteroatoms. The quantitative estimate of drug-likeness (QED) is 0.690. The zero-order valence-electron chi connectivity index (χ0n) is 9.27. The summed E-state index contributed by atoms with van der Waals surface area (Å²) in [5.41, 5.74) is 0.335. The summed E-state index contributed by atoms with van der Waals surface area (Å²) in [6, 6.07) is 1.86. The van der Waals surface area contributed by atoms with Crippen LogP contribution >= 0.6 is 0 Å². The number of carbonyl (C=O) groups excluding carboxylic acids is 1. The third-order valence-electron chi connectivity index (χ3n) is 2.19. The molecule has 0 saturated carbocycles. The molecule has 0 bridgehead atoms. The highest BCUT2D eigenvalue weighted by Gasteiger charge is 2.11. The minimum atomic E-state index is -0.410. The van der Waals surface area contributed by atoms with Crippen molar-refractivity contribution in [2.75, 3.05) is 20.8 Å². The van der Waals surface area contributed by atoms with Crippen LogP contribution in [0.2, 0.25) is 0 Å². The summed E-state index contributed by atoms with van der Waals surface area (Å²) in [5, 5.41) is 4.12. The molecule has 15 heavy (non-hydrogen) atoms. The number of methoxy groups -OCH3 is 2. The Morgan fingerprint density at radius 1 is 1.60 bits per heavy atom. The van der Waals surface area contributed by atoms with Gasteiger partial charge in [-0.3, -0.25) is 4.68 Å². The van der Waals surface area contributed by atoms with E-state index in [2.05, 4.69) is 9.84 Å². The van der Waals surface area contributed by atoms with Gasteiger partial charge in [-0.05, 0) is 19.4 Å². The maximum Gasteiger partial charge on any atom is 0.358 e. The van der Waals surface area contributed by atoms with Crippen molar-refractivity contribution in [1.82, 2.24) is 9.78 Å². The molecule has 0 aromatic carbocycles. The van der Waals surface area contributed by atoms with Crippen molar-refractivity contribution in [3.8, 4) is 0 Å². The highest BCUT2D eigenvalue weighted by molar-refractivity contribution is 5.86. The van der Waals surface area contributed by atoms with Gasteiger partial charge in [0.05, 0.1) is 13.2 Å². The van der Waals surface area contributed by atoms with Crippen LogP contribution in [-0.4, -0.2) is 36.6 Å². The summed E-state index contributed by atoms with van der Waals surface area (Å²) in [6.45, 7) is 2.70. The van der Waals surface area contributed by atoms with Gasteiger partial charge in [-0.15, -0.1) is 0 Å². The lowest BCUT2D eigenvalue weighted by Crippen LogP contribution is -2.10. The smallest absolute Gasteiger partial charge is 0.358 e. The first-order chi connectivity index (χ1) is 7.19. The van der Waals surface area contributed by atoms with Crippen molar-refractivity contribution in [2.45, 2.75) is 19.4 Å². The number of esters is 1. The van der Waals surface area contributed by atoms with Crippen LogP contribution in [0.5, 0.6) is 0 Å². The number of nitrogens with zero attached hydrogens (tertiary/aromatic N) is 2. The Balaban J connectivity index is 2.62. The predicted molar refractivity (Wildman–Crippen MR) is 54.8 cm³/mol. The van der Waals surface area contributed by atoms with Gasteiger partial charge in [0.15, 0.2) is 5.69 Å². The Kier molecular flexibility index (Phi) is 4.30. The Bertz CT molecular complexity index is 322. The van der Waals surface area contributed by atoms with E-state index in [9.17, 15) is 4.79 Å². The number of carbonyl (C=O) groups is 1. The minimum Gasteiger partial charge on any atom is -0.464 e. The third-order valence-corrected chi connectivity index (χ3v) is 2.19. The number of hydrogen-bond acceptors (Lipinski definition) is 4. The van der Waals surface area contributed by atoms with Crippen molar-refractivity contribution < 1.29 is 14.3 Å². The van der Waals surface area contributed by atoms with Crippen LogP contribution in [0.4, 0.5) is 0 Å². The van der Waals surface area contributed by atoms with Gasteiger partial charge in [0.25, 0.3) is 0 Å². The molecule has 1 aromatic rings. The van der Waals surface area contributed by atoms with Crippen LogP contribution in [0.15, 0.2) is 12.3 Å². The van der Waals surface area contributed by atoms with Crippen LogP contribution in [0.3, 0.4) is 0 Å². The summed E-state index contributed by atoms with van der Waals surface area (Å²) >= 11 is 0. The summed E-state index contributed by atoms with van der Waals surface area (Å²) in [5.74, 6) is -0.410. The highest BCUT2D eigenvalue weighted by Crippen LogP contribution is 2.10. The van der Waals surface area contributed by atoms with E-state index >= 15 is 0 Å². The Morgan fingerprint density at radius 2 is 2.33 bits per heavy atom. The molecule has 0 N–H and O–H groups in total. The van der Waals surface area contributed by atoms with Crippen molar-refractivity contribution >= 4 is 5.97 Å². The summed E-state index contributed by atoms with van der Waals surface area (Å²) in [6.07, 6.45) is 2.63. The molecule has 0 radical (unpaired) electrons. The lowest BCUT2D eigenvalue weighted by molar-refractivity contribution is 0.0592. The monoisotopic (exact) mass is 212 g/mol. The molecule has 1 heterocycles. The van der Waals surface area contributed by atoms with E-state index in [1.54, 1.807) is 24.1 Å². The largest absolute Gasteiger partial charge is 0.464 e. The molecule has 1 rings (SSSR count). The molecular weight excluding hydrogens is 196 g/mol. The van der Waals surface area contributed by atoms with E-state index < -0.39 is 5.97 Å². The first-order valence-electron chi connectivity index (χ1n) is 4.81. The lowest BCUT2D eigenvalue weighted by Gasteiger charge is -2.10. The van der Waals surface area contributed by atoms with Crippen LogP contribution < -0.4 is 0 Å². The number of ether oxygens (including phenoxy) is 2. The van der Waals surface area contributed by atoms with Gasteiger partial charge in [0, 0.05) is 19.9 Å². The summed E-state index contributed by atoms with van der Waals surface area (Å²) < 4.78 is 11.3. The van der Waals surface area contributed by atoms with Crippen LogP contribution in [0.25, 0.3) is 0 Å². The van der Waals surface area contributed by atoms with Crippen LogP contribution in [0.1, 0.15) is 29.9 Å². The molecule has 1 unspecified atom stereocenters. The van der Waals surface area contributed by atoms with E-state index in [1.807, 2.05) is 6.92 Å². The van der Waals surface area contributed by atoms with Gasteiger partial charge < -0.3 is 9.47 Å². The first kappa shape index (κ1) is 11.7. The van der Waals surface area contributed by atoms with Crippen LogP contribution in [-0.2, 0) is 9.47 Å². The van der Waals surface area contributed by atoms with Crippen molar-refractivity contribution in [2.24, 2.45) is 0 Å². The second kappa shape index (κ2) is 5.50. The molecule has 0 aliphatic heterocycles. The van der Waals surface area contributed by atoms with E-state index in [4.69, 9.17) is 4.74 Å². The molecular formula is C10H16N2O3. The fourth-order valence-corrected chi connectivity index (χ4v) is 1.22. The van der Waals surface area contributed by atoms with Gasteiger partial charge >= 0.3 is 5.97 Å². The van der Waals surface area contributed by atoms with Gasteiger partial charge in [0.2, 0.25) is 0 Å². The fraction of sp³-hybridized carbons (Fsp3) is 0.600. The zero-order chi connectivity index (χ0) is 11.3.